The Balaban J connectivity index is 1.65. The van der Waals surface area contributed by atoms with Crippen molar-refractivity contribution >= 4 is 16.9 Å². The molecular weight excluding hydrogens is 310 g/mol. The number of rotatable bonds is 2. The van der Waals surface area contributed by atoms with Crippen LogP contribution in [0.4, 0.5) is 0 Å². The normalized spacial score (nSPS) is 20.8. The third kappa shape index (κ3) is 3.04. The molecule has 2 aromatic carbocycles. The number of carbonyl (C=O) groups excluding carboxylic acids is 1. The van der Waals surface area contributed by atoms with Crippen LogP contribution in [0.1, 0.15) is 30.6 Å². The van der Waals surface area contributed by atoms with Crippen molar-refractivity contribution in [3.05, 3.63) is 60.4 Å². The highest BCUT2D eigenvalue weighted by atomic mass is 16.2. The Morgan fingerprint density at radius 2 is 1.76 bits per heavy atom. The Morgan fingerprint density at radius 3 is 2.48 bits per heavy atom. The second kappa shape index (κ2) is 6.36. The number of imidazole rings is 1. The summed E-state index contributed by atoms with van der Waals surface area (Å²) < 4.78 is 2.05. The molecule has 0 spiro atoms. The number of fused-ring (bicyclic) bond motifs is 1. The van der Waals surface area contributed by atoms with Gasteiger partial charge in [-0.3, -0.25) is 9.36 Å². The Hall–Kier alpha value is -2.62. The minimum atomic E-state index is 0.120. The molecule has 1 fully saturated rings. The molecule has 128 valence electrons. The number of nitrogens with zero attached hydrogens (tertiary/aromatic N) is 3. The van der Waals surface area contributed by atoms with E-state index in [2.05, 4.69) is 35.5 Å². The van der Waals surface area contributed by atoms with E-state index in [4.69, 9.17) is 0 Å². The fourth-order valence-electron chi connectivity index (χ4n) is 3.95. The van der Waals surface area contributed by atoms with Crippen LogP contribution in [-0.2, 0) is 0 Å². The molecule has 3 aromatic rings. The summed E-state index contributed by atoms with van der Waals surface area (Å²) in [5.41, 5.74) is 3.67. The van der Waals surface area contributed by atoms with Crippen molar-refractivity contribution in [1.29, 1.82) is 0 Å². The minimum absolute atomic E-state index is 0.120. The van der Waals surface area contributed by atoms with E-state index >= 15 is 0 Å². The van der Waals surface area contributed by atoms with Gasteiger partial charge >= 0.3 is 0 Å². The van der Waals surface area contributed by atoms with E-state index in [0.29, 0.717) is 11.8 Å². The molecule has 0 N–H and O–H groups in total. The summed E-state index contributed by atoms with van der Waals surface area (Å²) in [7, 11) is 0. The van der Waals surface area contributed by atoms with Crippen molar-refractivity contribution in [1.82, 2.24) is 14.5 Å². The van der Waals surface area contributed by atoms with Crippen LogP contribution in [0.3, 0.4) is 0 Å². The average Bonchev–Trinajstić information content (AvgIpc) is 3.04. The number of carbonyl (C=O) groups is 1. The number of hydrogen-bond acceptors (Lipinski definition) is 2. The molecule has 4 rings (SSSR count). The highest BCUT2D eigenvalue weighted by molar-refractivity contribution is 5.97. The van der Waals surface area contributed by atoms with Gasteiger partial charge in [0, 0.05) is 24.3 Å². The lowest BCUT2D eigenvalue weighted by atomic mass is 9.91. The van der Waals surface area contributed by atoms with Crippen molar-refractivity contribution in [2.24, 2.45) is 11.8 Å². The van der Waals surface area contributed by atoms with Gasteiger partial charge in [-0.1, -0.05) is 32.0 Å². The molecule has 25 heavy (non-hydrogen) atoms. The summed E-state index contributed by atoms with van der Waals surface area (Å²) >= 11 is 0. The highest BCUT2D eigenvalue weighted by Crippen LogP contribution is 2.24. The van der Waals surface area contributed by atoms with Gasteiger partial charge in [-0.15, -0.1) is 0 Å². The van der Waals surface area contributed by atoms with Crippen LogP contribution in [0.5, 0.6) is 0 Å². The number of hydrogen-bond donors (Lipinski definition) is 0. The maximum Gasteiger partial charge on any atom is 0.253 e. The molecule has 2 atom stereocenters. The van der Waals surface area contributed by atoms with E-state index in [-0.39, 0.29) is 5.91 Å². The lowest BCUT2D eigenvalue weighted by molar-refractivity contribution is 0.0623. The van der Waals surface area contributed by atoms with E-state index < -0.39 is 0 Å². The van der Waals surface area contributed by atoms with Gasteiger partial charge in [0.2, 0.25) is 0 Å². The summed E-state index contributed by atoms with van der Waals surface area (Å²) in [6.07, 6.45) is 3.02. The van der Waals surface area contributed by atoms with E-state index in [9.17, 15) is 4.79 Å². The van der Waals surface area contributed by atoms with Crippen molar-refractivity contribution in [2.75, 3.05) is 13.1 Å². The van der Waals surface area contributed by atoms with E-state index in [1.54, 1.807) is 0 Å². The lowest BCUT2D eigenvalue weighted by Gasteiger charge is -2.35. The SMILES string of the molecule is CC1CC(C)CN(C(=O)c2ccc3c(c2)ncn3-c2ccccc2)C1. The molecule has 2 unspecified atom stereocenters. The summed E-state index contributed by atoms with van der Waals surface area (Å²) in [6.45, 7) is 6.14. The quantitative estimate of drug-likeness (QED) is 0.707. The predicted octanol–water partition coefficient (Wildman–Crippen LogP) is 4.14. The summed E-state index contributed by atoms with van der Waals surface area (Å²) in [4.78, 5) is 19.4. The Kier molecular flexibility index (Phi) is 4.04. The first-order valence-electron chi connectivity index (χ1n) is 8.93. The zero-order valence-electron chi connectivity index (χ0n) is 14.7. The van der Waals surface area contributed by atoms with Gasteiger partial charge < -0.3 is 4.90 Å². The van der Waals surface area contributed by atoms with Crippen LogP contribution in [-0.4, -0.2) is 33.4 Å². The molecule has 1 aliphatic heterocycles. The van der Waals surface area contributed by atoms with Gasteiger partial charge in [-0.05, 0) is 48.6 Å². The van der Waals surface area contributed by atoms with Crippen LogP contribution in [0.15, 0.2) is 54.9 Å². The maximum atomic E-state index is 12.9. The molecule has 0 bridgehead atoms. The first-order chi connectivity index (χ1) is 12.1. The fraction of sp³-hybridized carbons (Fsp3) is 0.333. The third-order valence-corrected chi connectivity index (χ3v) is 4.98. The topological polar surface area (TPSA) is 38.1 Å². The number of aromatic nitrogens is 2. The molecule has 1 amide bonds. The highest BCUT2D eigenvalue weighted by Gasteiger charge is 2.26. The van der Waals surface area contributed by atoms with E-state index in [0.717, 1.165) is 35.4 Å². The van der Waals surface area contributed by atoms with Crippen LogP contribution in [0, 0.1) is 11.8 Å². The Morgan fingerprint density at radius 1 is 1.04 bits per heavy atom. The largest absolute Gasteiger partial charge is 0.338 e. The van der Waals surface area contributed by atoms with Gasteiger partial charge in [0.25, 0.3) is 5.91 Å². The minimum Gasteiger partial charge on any atom is -0.338 e. The molecule has 2 heterocycles. The van der Waals surface area contributed by atoms with Gasteiger partial charge in [-0.2, -0.15) is 0 Å². The monoisotopic (exact) mass is 333 g/mol. The number of para-hydroxylation sites is 1. The van der Waals surface area contributed by atoms with Crippen molar-refractivity contribution in [3.63, 3.8) is 0 Å². The van der Waals surface area contributed by atoms with Crippen LogP contribution < -0.4 is 0 Å². The number of piperidine rings is 1. The standard InChI is InChI=1S/C21H23N3O/c1-15-10-16(2)13-23(12-15)21(25)17-8-9-20-19(11-17)22-14-24(20)18-6-4-3-5-7-18/h3-9,11,14-16H,10,12-13H2,1-2H3. The number of likely N-dealkylation sites (tertiary alicyclic amines) is 1. The molecule has 1 aromatic heterocycles. The molecule has 4 nitrogen and oxygen atoms in total. The second-order valence-corrected chi connectivity index (χ2v) is 7.31. The molecule has 0 aliphatic carbocycles. The summed E-state index contributed by atoms with van der Waals surface area (Å²) in [5.74, 6) is 1.25. The molecule has 0 saturated carbocycles. The fourth-order valence-corrected chi connectivity index (χ4v) is 3.95. The van der Waals surface area contributed by atoms with Gasteiger partial charge in [0.05, 0.1) is 11.0 Å². The summed E-state index contributed by atoms with van der Waals surface area (Å²) in [6, 6.07) is 16.0. The van der Waals surface area contributed by atoms with Crippen molar-refractivity contribution in [2.45, 2.75) is 20.3 Å². The maximum absolute atomic E-state index is 12.9. The second-order valence-electron chi connectivity index (χ2n) is 7.31. The first-order valence-corrected chi connectivity index (χ1v) is 8.93. The molecule has 0 radical (unpaired) electrons. The average molecular weight is 333 g/mol. The lowest BCUT2D eigenvalue weighted by Crippen LogP contribution is -2.42. The van der Waals surface area contributed by atoms with Gasteiger partial charge in [0.15, 0.2) is 0 Å². The number of benzene rings is 2. The predicted molar refractivity (Wildman–Crippen MR) is 99.9 cm³/mol. The van der Waals surface area contributed by atoms with Crippen molar-refractivity contribution < 1.29 is 4.79 Å². The van der Waals surface area contributed by atoms with Crippen LogP contribution in [0.2, 0.25) is 0 Å². The first kappa shape index (κ1) is 15.9. The Bertz CT molecular complexity index is 890. The van der Waals surface area contributed by atoms with Crippen LogP contribution in [0.25, 0.3) is 16.7 Å². The molecular formula is C21H23N3O. The molecule has 1 aliphatic rings. The summed E-state index contributed by atoms with van der Waals surface area (Å²) in [5, 5.41) is 0. The van der Waals surface area contributed by atoms with Gasteiger partial charge in [-0.25, -0.2) is 4.98 Å². The zero-order chi connectivity index (χ0) is 17.4. The van der Waals surface area contributed by atoms with Gasteiger partial charge in [0.1, 0.15) is 6.33 Å². The Labute approximate surface area is 148 Å². The van der Waals surface area contributed by atoms with E-state index in [1.165, 1.54) is 6.42 Å². The third-order valence-electron chi connectivity index (χ3n) is 4.98. The smallest absolute Gasteiger partial charge is 0.253 e. The zero-order valence-corrected chi connectivity index (χ0v) is 14.7. The van der Waals surface area contributed by atoms with Crippen LogP contribution >= 0.6 is 0 Å². The molecule has 1 saturated heterocycles. The molecule has 4 heteroatoms. The number of amides is 1. The van der Waals surface area contributed by atoms with Crippen molar-refractivity contribution in [3.8, 4) is 5.69 Å². The van der Waals surface area contributed by atoms with E-state index in [1.807, 2.05) is 47.6 Å².